The molecule has 0 spiro atoms. The Morgan fingerprint density at radius 3 is 2.77 bits per heavy atom. The van der Waals surface area contributed by atoms with Crippen LogP contribution in [0.5, 0.6) is 5.75 Å². The lowest BCUT2D eigenvalue weighted by molar-refractivity contribution is 0.309. The summed E-state index contributed by atoms with van der Waals surface area (Å²) in [6.07, 6.45) is 7.98. The molecule has 0 aliphatic heterocycles. The van der Waals surface area contributed by atoms with Gasteiger partial charge in [-0.1, -0.05) is 32.4 Å². The van der Waals surface area contributed by atoms with Gasteiger partial charge >= 0.3 is 0 Å². The first-order valence-electron chi connectivity index (χ1n) is 8.16. The number of unbranched alkanes of at least 4 members (excludes halogenated alkanes) is 1. The topological polar surface area (TPSA) is 39.1 Å². The average Bonchev–Trinajstić information content (AvgIpc) is 3.02. The second kappa shape index (κ2) is 9.26. The molecule has 2 rings (SSSR count). The van der Waals surface area contributed by atoms with Crippen LogP contribution in [0.3, 0.4) is 0 Å². The molecule has 1 atom stereocenters. The third-order valence-electron chi connectivity index (χ3n) is 3.59. The summed E-state index contributed by atoms with van der Waals surface area (Å²) in [5.41, 5.74) is 1.29. The normalized spacial score (nSPS) is 12.3. The third-order valence-corrected chi connectivity index (χ3v) is 3.59. The highest BCUT2D eigenvalue weighted by molar-refractivity contribution is 5.27. The minimum atomic E-state index is 0.575. The molecular formula is C18H27N3O. The van der Waals surface area contributed by atoms with Crippen molar-refractivity contribution in [3.63, 3.8) is 0 Å². The van der Waals surface area contributed by atoms with Gasteiger partial charge in [0.25, 0.3) is 0 Å². The first-order valence-corrected chi connectivity index (χ1v) is 8.16. The molecule has 0 radical (unpaired) electrons. The van der Waals surface area contributed by atoms with Crippen molar-refractivity contribution in [3.8, 4) is 5.75 Å². The largest absolute Gasteiger partial charge is 0.494 e. The molecule has 0 aliphatic rings. The van der Waals surface area contributed by atoms with Crippen LogP contribution in [-0.4, -0.2) is 22.7 Å². The van der Waals surface area contributed by atoms with E-state index in [9.17, 15) is 0 Å². The number of imidazole rings is 1. The van der Waals surface area contributed by atoms with Crippen LogP contribution >= 0.6 is 0 Å². The average molecular weight is 301 g/mol. The Morgan fingerprint density at radius 1 is 1.27 bits per heavy atom. The molecule has 0 fully saturated rings. The Labute approximate surface area is 133 Å². The molecule has 1 aromatic heterocycles. The van der Waals surface area contributed by atoms with Gasteiger partial charge in [-0.05, 0) is 36.6 Å². The SMILES string of the molecule is CCCCOc1ccc(CNCC(C)Cn2ccnc2)cc1. The van der Waals surface area contributed by atoms with Crippen molar-refractivity contribution in [2.24, 2.45) is 5.92 Å². The van der Waals surface area contributed by atoms with Crippen LogP contribution in [0.25, 0.3) is 0 Å². The summed E-state index contributed by atoms with van der Waals surface area (Å²) in [7, 11) is 0. The van der Waals surface area contributed by atoms with E-state index < -0.39 is 0 Å². The summed E-state index contributed by atoms with van der Waals surface area (Å²) in [5.74, 6) is 1.54. The smallest absolute Gasteiger partial charge is 0.119 e. The van der Waals surface area contributed by atoms with E-state index in [1.807, 2.05) is 18.7 Å². The minimum Gasteiger partial charge on any atom is -0.494 e. The highest BCUT2D eigenvalue weighted by Crippen LogP contribution is 2.12. The first-order chi connectivity index (χ1) is 10.8. The van der Waals surface area contributed by atoms with Crippen molar-refractivity contribution in [1.29, 1.82) is 0 Å². The van der Waals surface area contributed by atoms with Crippen molar-refractivity contribution in [1.82, 2.24) is 14.9 Å². The third kappa shape index (κ3) is 5.90. The summed E-state index contributed by atoms with van der Waals surface area (Å²) >= 11 is 0. The second-order valence-electron chi connectivity index (χ2n) is 5.84. The molecule has 2 aromatic rings. The van der Waals surface area contributed by atoms with Crippen LogP contribution in [0, 0.1) is 5.92 Å². The number of nitrogens with zero attached hydrogens (tertiary/aromatic N) is 2. The van der Waals surface area contributed by atoms with Crippen molar-refractivity contribution in [3.05, 3.63) is 48.5 Å². The van der Waals surface area contributed by atoms with Crippen LogP contribution in [-0.2, 0) is 13.1 Å². The zero-order chi connectivity index (χ0) is 15.6. The molecule has 0 aliphatic carbocycles. The molecular weight excluding hydrogens is 274 g/mol. The van der Waals surface area contributed by atoms with E-state index in [4.69, 9.17) is 4.74 Å². The standard InChI is InChI=1S/C18H27N3O/c1-3-4-11-22-18-7-5-17(6-8-18)13-20-12-16(2)14-21-10-9-19-15-21/h5-10,15-16,20H,3-4,11-14H2,1-2H3. The zero-order valence-electron chi connectivity index (χ0n) is 13.7. The summed E-state index contributed by atoms with van der Waals surface area (Å²) in [4.78, 5) is 4.07. The van der Waals surface area contributed by atoms with E-state index >= 15 is 0 Å². The van der Waals surface area contributed by atoms with Gasteiger partial charge in [0, 0.05) is 25.5 Å². The predicted molar refractivity (Wildman–Crippen MR) is 89.9 cm³/mol. The molecule has 1 N–H and O–H groups in total. The molecule has 1 aromatic carbocycles. The maximum atomic E-state index is 5.67. The van der Waals surface area contributed by atoms with E-state index in [0.717, 1.165) is 38.4 Å². The lowest BCUT2D eigenvalue weighted by atomic mass is 10.1. The number of nitrogens with one attached hydrogen (secondary N) is 1. The van der Waals surface area contributed by atoms with Gasteiger partial charge < -0.3 is 14.6 Å². The zero-order valence-corrected chi connectivity index (χ0v) is 13.7. The summed E-state index contributed by atoms with van der Waals surface area (Å²) < 4.78 is 7.79. The fraction of sp³-hybridized carbons (Fsp3) is 0.500. The number of hydrogen-bond donors (Lipinski definition) is 1. The highest BCUT2D eigenvalue weighted by atomic mass is 16.5. The van der Waals surface area contributed by atoms with Gasteiger partial charge in [0.15, 0.2) is 0 Å². The van der Waals surface area contributed by atoms with Crippen LogP contribution in [0.2, 0.25) is 0 Å². The Kier molecular flexibility index (Phi) is 6.97. The maximum absolute atomic E-state index is 5.67. The summed E-state index contributed by atoms with van der Waals surface area (Å²) in [6.45, 7) is 8.11. The van der Waals surface area contributed by atoms with Gasteiger partial charge in [-0.15, -0.1) is 0 Å². The van der Waals surface area contributed by atoms with Gasteiger partial charge in [-0.3, -0.25) is 0 Å². The van der Waals surface area contributed by atoms with Crippen molar-refractivity contribution in [2.75, 3.05) is 13.2 Å². The molecule has 0 saturated heterocycles. The quantitative estimate of drug-likeness (QED) is 0.683. The predicted octanol–water partition coefficient (Wildman–Crippen LogP) is 3.49. The Hall–Kier alpha value is -1.81. The molecule has 1 heterocycles. The maximum Gasteiger partial charge on any atom is 0.119 e. The van der Waals surface area contributed by atoms with Gasteiger partial charge in [-0.2, -0.15) is 0 Å². The molecule has 1 unspecified atom stereocenters. The molecule has 4 nitrogen and oxygen atoms in total. The fourth-order valence-corrected chi connectivity index (χ4v) is 2.32. The Balaban J connectivity index is 1.66. The Bertz CT molecular complexity index is 508. The van der Waals surface area contributed by atoms with Crippen molar-refractivity contribution < 1.29 is 4.74 Å². The highest BCUT2D eigenvalue weighted by Gasteiger charge is 2.03. The van der Waals surface area contributed by atoms with Gasteiger partial charge in [0.2, 0.25) is 0 Å². The number of ether oxygens (including phenoxy) is 1. The summed E-state index contributed by atoms with van der Waals surface area (Å²) in [6, 6.07) is 8.38. The van der Waals surface area contributed by atoms with Gasteiger partial charge in [0.05, 0.1) is 12.9 Å². The van der Waals surface area contributed by atoms with Crippen LogP contribution in [0.4, 0.5) is 0 Å². The number of aromatic nitrogens is 2. The van der Waals surface area contributed by atoms with Gasteiger partial charge in [0.1, 0.15) is 5.75 Å². The van der Waals surface area contributed by atoms with Gasteiger partial charge in [-0.25, -0.2) is 4.98 Å². The lowest BCUT2D eigenvalue weighted by Crippen LogP contribution is -2.23. The van der Waals surface area contributed by atoms with Crippen LogP contribution in [0.15, 0.2) is 43.0 Å². The van der Waals surface area contributed by atoms with E-state index in [1.54, 1.807) is 0 Å². The molecule has 0 saturated carbocycles. The van der Waals surface area contributed by atoms with Crippen LogP contribution < -0.4 is 10.1 Å². The monoisotopic (exact) mass is 301 g/mol. The van der Waals surface area contributed by atoms with Crippen molar-refractivity contribution in [2.45, 2.75) is 39.8 Å². The molecule has 22 heavy (non-hydrogen) atoms. The van der Waals surface area contributed by atoms with Crippen LogP contribution in [0.1, 0.15) is 32.3 Å². The molecule has 0 bridgehead atoms. The lowest BCUT2D eigenvalue weighted by Gasteiger charge is -2.13. The van der Waals surface area contributed by atoms with Crippen molar-refractivity contribution >= 4 is 0 Å². The first kappa shape index (κ1) is 16.6. The minimum absolute atomic E-state index is 0.575. The fourth-order valence-electron chi connectivity index (χ4n) is 2.32. The second-order valence-corrected chi connectivity index (χ2v) is 5.84. The number of hydrogen-bond acceptors (Lipinski definition) is 3. The summed E-state index contributed by atoms with van der Waals surface area (Å²) in [5, 5.41) is 3.51. The van der Waals surface area contributed by atoms with E-state index in [0.29, 0.717) is 5.92 Å². The number of benzene rings is 1. The molecule has 120 valence electrons. The van der Waals surface area contributed by atoms with E-state index in [1.165, 1.54) is 12.0 Å². The molecule has 0 amide bonds. The van der Waals surface area contributed by atoms with E-state index in [2.05, 4.69) is 53.0 Å². The number of rotatable bonds is 10. The Morgan fingerprint density at radius 2 is 2.09 bits per heavy atom. The van der Waals surface area contributed by atoms with E-state index in [-0.39, 0.29) is 0 Å². The molecule has 4 heteroatoms.